The van der Waals surface area contributed by atoms with E-state index in [0.717, 1.165) is 5.39 Å². The molecule has 0 aliphatic rings. The number of fused-ring (bicyclic) bond motifs is 1. The Labute approximate surface area is 136 Å². The Balaban J connectivity index is 2.50. The lowest BCUT2D eigenvalue weighted by atomic mass is 9.95. The van der Waals surface area contributed by atoms with Gasteiger partial charge in [-0.2, -0.15) is 0 Å². The van der Waals surface area contributed by atoms with Crippen LogP contribution in [0.2, 0.25) is 10.0 Å². The molecule has 1 heterocycles. The number of nitrogens with one attached hydrogen (secondary N) is 1. The van der Waals surface area contributed by atoms with E-state index in [9.17, 15) is 9.59 Å². The van der Waals surface area contributed by atoms with Gasteiger partial charge in [0.25, 0.3) is 5.56 Å². The van der Waals surface area contributed by atoms with E-state index in [4.69, 9.17) is 23.2 Å². The van der Waals surface area contributed by atoms with Crippen molar-refractivity contribution in [1.29, 1.82) is 0 Å². The highest BCUT2D eigenvalue weighted by Crippen LogP contribution is 2.35. The number of aromatic nitrogens is 1. The first-order chi connectivity index (χ1) is 10.6. The van der Waals surface area contributed by atoms with Crippen LogP contribution < -0.4 is 5.56 Å². The predicted octanol–water partition coefficient (Wildman–Crippen LogP) is 4.24. The van der Waals surface area contributed by atoms with E-state index in [0.29, 0.717) is 38.5 Å². The summed E-state index contributed by atoms with van der Waals surface area (Å²) in [6.45, 7) is 0. The van der Waals surface area contributed by atoms with Gasteiger partial charge in [0.05, 0.1) is 0 Å². The predicted molar refractivity (Wildman–Crippen MR) is 89.8 cm³/mol. The van der Waals surface area contributed by atoms with Crippen LogP contribution in [0.3, 0.4) is 0 Å². The first kappa shape index (κ1) is 14.8. The highest BCUT2D eigenvalue weighted by molar-refractivity contribution is 6.34. The van der Waals surface area contributed by atoms with Gasteiger partial charge < -0.3 is 9.78 Å². The summed E-state index contributed by atoms with van der Waals surface area (Å²) >= 11 is 12.4. The average molecular weight is 332 g/mol. The molecule has 0 amide bonds. The van der Waals surface area contributed by atoms with Crippen molar-refractivity contribution < 1.29 is 4.79 Å². The van der Waals surface area contributed by atoms with Gasteiger partial charge in [0, 0.05) is 44.1 Å². The molecular weight excluding hydrogens is 321 g/mol. The lowest BCUT2D eigenvalue weighted by Gasteiger charge is -2.13. The molecule has 3 aromatic rings. The number of hydrogen-bond acceptors (Lipinski definition) is 2. The maximum Gasteiger partial charge on any atom is 0.252 e. The van der Waals surface area contributed by atoms with Gasteiger partial charge in [-0.3, -0.25) is 4.79 Å². The van der Waals surface area contributed by atoms with E-state index in [1.807, 2.05) is 18.2 Å². The van der Waals surface area contributed by atoms with Gasteiger partial charge in [0.15, 0.2) is 0 Å². The van der Waals surface area contributed by atoms with E-state index in [-0.39, 0.29) is 12.0 Å². The Morgan fingerprint density at radius 2 is 1.86 bits per heavy atom. The monoisotopic (exact) mass is 331 g/mol. The SMILES string of the molecule is O=CCc1c(-c2ccccc2Cl)c2cc(Cl)ccc2[nH]c1=O. The van der Waals surface area contributed by atoms with Crippen molar-refractivity contribution in [3.8, 4) is 11.1 Å². The summed E-state index contributed by atoms with van der Waals surface area (Å²) in [5.41, 5.74) is 2.10. The zero-order valence-electron chi connectivity index (χ0n) is 11.4. The molecule has 3 rings (SSSR count). The zero-order valence-corrected chi connectivity index (χ0v) is 12.9. The Morgan fingerprint density at radius 1 is 1.09 bits per heavy atom. The van der Waals surface area contributed by atoms with Crippen molar-refractivity contribution in [1.82, 2.24) is 4.98 Å². The van der Waals surface area contributed by atoms with Crippen molar-refractivity contribution in [2.24, 2.45) is 0 Å². The van der Waals surface area contributed by atoms with Crippen LogP contribution in [-0.4, -0.2) is 11.3 Å². The quantitative estimate of drug-likeness (QED) is 0.729. The van der Waals surface area contributed by atoms with Crippen LogP contribution in [0.4, 0.5) is 0 Å². The third-order valence-corrected chi connectivity index (χ3v) is 4.07. The van der Waals surface area contributed by atoms with Gasteiger partial charge in [-0.1, -0.05) is 41.4 Å². The summed E-state index contributed by atoms with van der Waals surface area (Å²) in [6.07, 6.45) is 0.722. The minimum Gasteiger partial charge on any atom is -0.322 e. The molecule has 0 saturated heterocycles. The molecular formula is C17H11Cl2NO2. The van der Waals surface area contributed by atoms with Crippen LogP contribution >= 0.6 is 23.2 Å². The molecule has 5 heteroatoms. The van der Waals surface area contributed by atoms with Crippen LogP contribution in [-0.2, 0) is 11.2 Å². The van der Waals surface area contributed by atoms with Gasteiger partial charge in [-0.15, -0.1) is 0 Å². The van der Waals surface area contributed by atoms with Crippen LogP contribution in [0.15, 0.2) is 47.3 Å². The van der Waals surface area contributed by atoms with Crippen molar-refractivity contribution in [2.75, 3.05) is 0 Å². The molecule has 110 valence electrons. The molecule has 0 saturated carbocycles. The second-order valence-corrected chi connectivity index (χ2v) is 5.69. The lowest BCUT2D eigenvalue weighted by molar-refractivity contribution is -0.107. The maximum absolute atomic E-state index is 12.3. The molecule has 0 aliphatic carbocycles. The summed E-state index contributed by atoms with van der Waals surface area (Å²) in [7, 11) is 0. The fourth-order valence-corrected chi connectivity index (χ4v) is 2.96. The lowest BCUT2D eigenvalue weighted by Crippen LogP contribution is -2.15. The Morgan fingerprint density at radius 3 is 2.59 bits per heavy atom. The fraction of sp³-hybridized carbons (Fsp3) is 0.0588. The van der Waals surface area contributed by atoms with E-state index in [1.165, 1.54) is 0 Å². The Bertz CT molecular complexity index is 932. The normalized spacial score (nSPS) is 10.8. The number of carbonyl (C=O) groups excluding carboxylic acids is 1. The van der Waals surface area contributed by atoms with Gasteiger partial charge in [0.2, 0.25) is 0 Å². The van der Waals surface area contributed by atoms with Crippen molar-refractivity contribution in [3.05, 3.63) is 68.4 Å². The minimum atomic E-state index is -0.295. The minimum absolute atomic E-state index is 0.0122. The molecule has 1 N–H and O–H groups in total. The summed E-state index contributed by atoms with van der Waals surface area (Å²) in [6, 6.07) is 12.4. The standard InChI is InChI=1S/C17H11Cl2NO2/c18-10-5-6-15-13(9-10)16(11-3-1-2-4-14(11)19)12(7-8-21)17(22)20-15/h1-6,8-9H,7H2,(H,20,22). The molecule has 0 radical (unpaired) electrons. The van der Waals surface area contributed by atoms with Gasteiger partial charge in [-0.05, 0) is 24.3 Å². The summed E-state index contributed by atoms with van der Waals surface area (Å²) in [5.74, 6) is 0. The smallest absolute Gasteiger partial charge is 0.252 e. The summed E-state index contributed by atoms with van der Waals surface area (Å²) in [5, 5.41) is 1.82. The number of halogens is 2. The number of rotatable bonds is 3. The number of benzene rings is 2. The molecule has 22 heavy (non-hydrogen) atoms. The first-order valence-corrected chi connectivity index (χ1v) is 7.40. The molecule has 0 aliphatic heterocycles. The fourth-order valence-electron chi connectivity index (χ4n) is 2.56. The Hall–Kier alpha value is -2.10. The second-order valence-electron chi connectivity index (χ2n) is 4.85. The third-order valence-electron chi connectivity index (χ3n) is 3.51. The third kappa shape index (κ3) is 2.54. The molecule has 0 spiro atoms. The number of H-pyrrole nitrogens is 1. The van der Waals surface area contributed by atoms with Gasteiger partial charge in [0.1, 0.15) is 6.29 Å². The molecule has 2 aromatic carbocycles. The number of carbonyl (C=O) groups is 1. The molecule has 1 aromatic heterocycles. The molecule has 0 unspecified atom stereocenters. The Kier molecular flexibility index (Phi) is 4.01. The van der Waals surface area contributed by atoms with Crippen LogP contribution in [0.25, 0.3) is 22.0 Å². The first-order valence-electron chi connectivity index (χ1n) is 6.64. The number of aromatic amines is 1. The highest BCUT2D eigenvalue weighted by Gasteiger charge is 2.16. The largest absolute Gasteiger partial charge is 0.322 e. The maximum atomic E-state index is 12.3. The van der Waals surface area contributed by atoms with Crippen LogP contribution in [0.5, 0.6) is 0 Å². The van der Waals surface area contributed by atoms with E-state index >= 15 is 0 Å². The van der Waals surface area contributed by atoms with Crippen LogP contribution in [0.1, 0.15) is 5.56 Å². The zero-order chi connectivity index (χ0) is 15.7. The summed E-state index contributed by atoms with van der Waals surface area (Å²) in [4.78, 5) is 26.1. The average Bonchev–Trinajstić information content (AvgIpc) is 2.50. The van der Waals surface area contributed by atoms with E-state index in [2.05, 4.69) is 4.98 Å². The molecule has 3 nitrogen and oxygen atoms in total. The van der Waals surface area contributed by atoms with Crippen molar-refractivity contribution >= 4 is 40.4 Å². The van der Waals surface area contributed by atoms with Crippen molar-refractivity contribution in [2.45, 2.75) is 6.42 Å². The van der Waals surface area contributed by atoms with Crippen LogP contribution in [0, 0.1) is 0 Å². The number of hydrogen-bond donors (Lipinski definition) is 1. The van der Waals surface area contributed by atoms with Gasteiger partial charge in [-0.25, -0.2) is 0 Å². The van der Waals surface area contributed by atoms with E-state index in [1.54, 1.807) is 24.3 Å². The topological polar surface area (TPSA) is 49.9 Å². The summed E-state index contributed by atoms with van der Waals surface area (Å²) < 4.78 is 0. The number of aldehydes is 1. The van der Waals surface area contributed by atoms with Gasteiger partial charge >= 0.3 is 0 Å². The highest BCUT2D eigenvalue weighted by atomic mass is 35.5. The molecule has 0 bridgehead atoms. The molecule has 0 fully saturated rings. The van der Waals surface area contributed by atoms with E-state index < -0.39 is 0 Å². The molecule has 0 atom stereocenters. The number of pyridine rings is 1. The van der Waals surface area contributed by atoms with Crippen molar-refractivity contribution in [3.63, 3.8) is 0 Å². The second kappa shape index (κ2) is 5.95.